The van der Waals surface area contributed by atoms with E-state index in [1.807, 2.05) is 0 Å². The molecule has 0 aromatic heterocycles. The first-order chi connectivity index (χ1) is 17.0. The third-order valence-electron chi connectivity index (χ3n) is 6.91. The minimum atomic E-state index is -3.79. The van der Waals surface area contributed by atoms with Crippen molar-refractivity contribution in [2.75, 3.05) is 6.26 Å². The van der Waals surface area contributed by atoms with Gasteiger partial charge < -0.3 is 66.8 Å². The lowest BCUT2D eigenvalue weighted by Crippen LogP contribution is -2.69. The van der Waals surface area contributed by atoms with Crippen molar-refractivity contribution in [2.45, 2.75) is 118 Å². The number of hydrogen-bond acceptors (Lipinski definition) is 15. The minimum absolute atomic E-state index is 0.120. The molecule has 17 heteroatoms. The maximum absolute atomic E-state index is 11.9. The highest BCUT2D eigenvalue weighted by molar-refractivity contribution is 7.88. The Morgan fingerprint density at radius 3 is 1.92 bits per heavy atom. The Morgan fingerprint density at radius 2 is 1.41 bits per heavy atom. The maximum atomic E-state index is 11.9. The Labute approximate surface area is 214 Å². The Bertz CT molecular complexity index is 868. The van der Waals surface area contributed by atoms with Crippen LogP contribution in [0.4, 0.5) is 0 Å². The smallest absolute Gasteiger partial charge is 0.209 e. The van der Waals surface area contributed by atoms with Crippen LogP contribution >= 0.6 is 0 Å². The minimum Gasteiger partial charge on any atom is -0.391 e. The van der Waals surface area contributed by atoms with Gasteiger partial charge in [-0.05, 0) is 20.3 Å². The summed E-state index contributed by atoms with van der Waals surface area (Å²) < 4.78 is 48.9. The monoisotopic (exact) mass is 560 g/mol. The molecular weight excluding hydrogens is 520 g/mol. The van der Waals surface area contributed by atoms with Crippen molar-refractivity contribution in [1.29, 1.82) is 0 Å². The quantitative estimate of drug-likeness (QED) is 0.132. The molecule has 0 amide bonds. The van der Waals surface area contributed by atoms with Gasteiger partial charge in [0.15, 0.2) is 12.6 Å². The van der Waals surface area contributed by atoms with Crippen LogP contribution in [0.25, 0.3) is 0 Å². The summed E-state index contributed by atoms with van der Waals surface area (Å²) in [6.45, 7) is 2.88. The molecule has 0 aromatic rings. The van der Waals surface area contributed by atoms with Crippen molar-refractivity contribution >= 4 is 10.0 Å². The van der Waals surface area contributed by atoms with Crippen molar-refractivity contribution in [1.82, 2.24) is 4.72 Å². The van der Waals surface area contributed by atoms with Gasteiger partial charge in [0.1, 0.15) is 48.8 Å². The average Bonchev–Trinajstić information content (AvgIpc) is 3.06. The number of aliphatic hydroxyl groups is 6. The van der Waals surface area contributed by atoms with Crippen molar-refractivity contribution < 1.29 is 58.0 Å². The van der Waals surface area contributed by atoms with Crippen LogP contribution in [0.3, 0.4) is 0 Å². The molecular formula is C20H40N4O12S. The molecule has 1 aliphatic carbocycles. The highest BCUT2D eigenvalue weighted by Crippen LogP contribution is 2.33. The number of nitrogens with one attached hydrogen (secondary N) is 1. The van der Waals surface area contributed by atoms with E-state index in [0.717, 1.165) is 6.26 Å². The molecule has 2 heterocycles. The summed E-state index contributed by atoms with van der Waals surface area (Å²) in [5.74, 6) is 0. The van der Waals surface area contributed by atoms with E-state index in [-0.39, 0.29) is 6.42 Å². The zero-order valence-electron chi connectivity index (χ0n) is 20.7. The normalized spacial score (nSPS) is 49.1. The largest absolute Gasteiger partial charge is 0.391 e. The summed E-state index contributed by atoms with van der Waals surface area (Å²) in [4.78, 5) is 0. The summed E-state index contributed by atoms with van der Waals surface area (Å²) in [6.07, 6.45) is -16.1. The molecule has 3 fully saturated rings. The van der Waals surface area contributed by atoms with Gasteiger partial charge in [-0.15, -0.1) is 0 Å². The van der Waals surface area contributed by atoms with Crippen LogP contribution in [0.5, 0.6) is 0 Å². The lowest BCUT2D eigenvalue weighted by Gasteiger charge is -2.48. The predicted octanol–water partition coefficient (Wildman–Crippen LogP) is -6.28. The van der Waals surface area contributed by atoms with E-state index < -0.39 is 108 Å². The zero-order chi connectivity index (χ0) is 28.0. The van der Waals surface area contributed by atoms with E-state index >= 15 is 0 Å². The fourth-order valence-corrected chi connectivity index (χ4v) is 5.71. The molecule has 16 atom stereocenters. The summed E-state index contributed by atoms with van der Waals surface area (Å²) in [5.41, 5.74) is 18.1. The van der Waals surface area contributed by atoms with Gasteiger partial charge in [-0.3, -0.25) is 0 Å². The van der Waals surface area contributed by atoms with E-state index in [9.17, 15) is 39.1 Å². The van der Waals surface area contributed by atoms with Gasteiger partial charge in [0, 0.05) is 12.1 Å². The van der Waals surface area contributed by atoms with E-state index in [0.29, 0.717) is 0 Å². The van der Waals surface area contributed by atoms with E-state index in [1.165, 1.54) is 6.92 Å². The second-order valence-corrected chi connectivity index (χ2v) is 11.9. The fraction of sp³-hybridized carbons (Fsp3) is 1.00. The summed E-state index contributed by atoms with van der Waals surface area (Å²) in [6, 6.07) is -4.13. The Kier molecular flexibility index (Phi) is 9.92. The van der Waals surface area contributed by atoms with Gasteiger partial charge in [-0.2, -0.15) is 0 Å². The Balaban J connectivity index is 1.88. The van der Waals surface area contributed by atoms with Gasteiger partial charge in [0.25, 0.3) is 0 Å². The topological polar surface area (TPSA) is 283 Å². The van der Waals surface area contributed by atoms with Crippen LogP contribution in [-0.4, -0.2) is 143 Å². The number of nitrogens with two attached hydrogens (primary N) is 3. The molecule has 0 radical (unpaired) electrons. The fourth-order valence-electron chi connectivity index (χ4n) is 4.92. The van der Waals surface area contributed by atoms with Crippen LogP contribution in [0.1, 0.15) is 20.3 Å². The molecule has 13 N–H and O–H groups in total. The Hall–Kier alpha value is -0.610. The lowest BCUT2D eigenvalue weighted by atomic mass is 9.84. The molecule has 5 unspecified atom stereocenters. The molecule has 0 aromatic carbocycles. The van der Waals surface area contributed by atoms with Crippen LogP contribution < -0.4 is 21.9 Å². The lowest BCUT2D eigenvalue weighted by molar-refractivity contribution is -0.315. The molecule has 2 saturated heterocycles. The number of ether oxygens (including phenoxy) is 4. The van der Waals surface area contributed by atoms with Crippen molar-refractivity contribution in [3.63, 3.8) is 0 Å². The highest BCUT2D eigenvalue weighted by atomic mass is 32.2. The number of rotatable bonds is 8. The van der Waals surface area contributed by atoms with Gasteiger partial charge in [0.05, 0.1) is 30.5 Å². The van der Waals surface area contributed by atoms with Gasteiger partial charge in [-0.1, -0.05) is 0 Å². The zero-order valence-corrected chi connectivity index (χ0v) is 21.5. The molecule has 1 saturated carbocycles. The second kappa shape index (κ2) is 11.9. The van der Waals surface area contributed by atoms with E-state index in [2.05, 4.69) is 4.72 Å². The maximum Gasteiger partial charge on any atom is 0.209 e. The SMILES string of the molecule is C[C@@H](O)C1O[C@H](O[C@@H]2C(N)C[C@@H](NS(C)(=O)=O)C(O)[C@H]2O[C@@H]2O[C@H]([C@@H](C)N)[C@H](O)C2O)C(N)[C@@H](O)[C@@H]1O. The van der Waals surface area contributed by atoms with Crippen LogP contribution in [-0.2, 0) is 29.0 Å². The molecule has 3 rings (SSSR count). The number of aliphatic hydroxyl groups excluding tert-OH is 6. The van der Waals surface area contributed by atoms with Crippen LogP contribution in [0.15, 0.2) is 0 Å². The van der Waals surface area contributed by atoms with Crippen molar-refractivity contribution in [3.05, 3.63) is 0 Å². The summed E-state index contributed by atoms with van der Waals surface area (Å²) >= 11 is 0. The average molecular weight is 561 g/mol. The summed E-state index contributed by atoms with van der Waals surface area (Å²) in [5, 5.41) is 62.4. The predicted molar refractivity (Wildman–Crippen MR) is 125 cm³/mol. The molecule has 37 heavy (non-hydrogen) atoms. The molecule has 16 nitrogen and oxygen atoms in total. The van der Waals surface area contributed by atoms with Crippen LogP contribution in [0.2, 0.25) is 0 Å². The van der Waals surface area contributed by atoms with Crippen molar-refractivity contribution in [3.8, 4) is 0 Å². The third kappa shape index (κ3) is 6.76. The third-order valence-corrected chi connectivity index (χ3v) is 7.64. The van der Waals surface area contributed by atoms with E-state index in [1.54, 1.807) is 6.92 Å². The van der Waals surface area contributed by atoms with E-state index in [4.69, 9.17) is 36.1 Å². The standard InChI is InChI=1S/C20H40N4O12S/c1-5(21)15-13(29)14(30)20(33-15)36-18-10(26)8(24-37(3,31)32)4-7(22)17(18)35-19-9(23)11(27)12(28)16(34-19)6(2)25/h5-20,24-30H,4,21-23H2,1-3H3/t5-,6-,7?,8-,9?,10?,11-,12+,13-,14?,15-,16?,17-,18-,19-,20+/m1/s1. The van der Waals surface area contributed by atoms with Gasteiger partial charge in [0.2, 0.25) is 10.0 Å². The first kappa shape index (κ1) is 30.9. The molecule has 2 aliphatic heterocycles. The number of hydrogen-bond donors (Lipinski definition) is 10. The first-order valence-corrected chi connectivity index (χ1v) is 13.9. The highest BCUT2D eigenvalue weighted by Gasteiger charge is 2.53. The molecule has 0 bridgehead atoms. The number of sulfonamides is 1. The first-order valence-electron chi connectivity index (χ1n) is 12.0. The Morgan fingerprint density at radius 1 is 0.865 bits per heavy atom. The second-order valence-electron chi connectivity index (χ2n) is 10.2. The molecule has 218 valence electrons. The van der Waals surface area contributed by atoms with Gasteiger partial charge >= 0.3 is 0 Å². The van der Waals surface area contributed by atoms with Crippen molar-refractivity contribution in [2.24, 2.45) is 17.2 Å². The molecule has 3 aliphatic rings. The summed E-state index contributed by atoms with van der Waals surface area (Å²) in [7, 11) is -3.79. The van der Waals surface area contributed by atoms with Crippen LogP contribution in [0, 0.1) is 0 Å². The molecule has 0 spiro atoms. The van der Waals surface area contributed by atoms with Gasteiger partial charge in [-0.25, -0.2) is 13.1 Å².